The quantitative estimate of drug-likeness (QED) is 0.862. The molecule has 138 valence electrons. The lowest BCUT2D eigenvalue weighted by Crippen LogP contribution is -2.38. The van der Waals surface area contributed by atoms with Gasteiger partial charge in [0.2, 0.25) is 0 Å². The summed E-state index contributed by atoms with van der Waals surface area (Å²) in [5.41, 5.74) is 3.15. The van der Waals surface area contributed by atoms with E-state index in [0.717, 1.165) is 23.3 Å². The summed E-state index contributed by atoms with van der Waals surface area (Å²) < 4.78 is 2.36. The van der Waals surface area contributed by atoms with Gasteiger partial charge in [-0.25, -0.2) is 9.78 Å². The first-order valence-electron chi connectivity index (χ1n) is 9.32. The zero-order valence-corrected chi connectivity index (χ0v) is 14.9. The molecule has 4 rings (SSSR count). The molecule has 26 heavy (non-hydrogen) atoms. The molecule has 2 aliphatic rings. The third-order valence-corrected chi connectivity index (χ3v) is 5.32. The fraction of sp³-hybridized carbons (Fsp3) is 0.526. The Morgan fingerprint density at radius 1 is 1.31 bits per heavy atom. The highest BCUT2D eigenvalue weighted by molar-refractivity contribution is 5.79. The van der Waals surface area contributed by atoms with Crippen molar-refractivity contribution < 1.29 is 14.7 Å². The van der Waals surface area contributed by atoms with Gasteiger partial charge in [-0.15, -0.1) is 0 Å². The molecule has 1 aromatic heterocycles. The Morgan fingerprint density at radius 2 is 2.12 bits per heavy atom. The summed E-state index contributed by atoms with van der Waals surface area (Å²) in [7, 11) is 0. The van der Waals surface area contributed by atoms with Crippen LogP contribution in [-0.4, -0.2) is 44.6 Å². The molecule has 0 radical (unpaired) electrons. The highest BCUT2D eigenvalue weighted by atomic mass is 16.4. The van der Waals surface area contributed by atoms with Gasteiger partial charge in [-0.05, 0) is 37.0 Å². The van der Waals surface area contributed by atoms with Gasteiger partial charge >= 0.3 is 12.0 Å². The normalized spacial score (nSPS) is 19.9. The van der Waals surface area contributed by atoms with Crippen LogP contribution in [0.15, 0.2) is 18.2 Å². The maximum Gasteiger partial charge on any atom is 0.317 e. The number of nitrogens with zero attached hydrogens (tertiary/aromatic N) is 3. The van der Waals surface area contributed by atoms with Crippen molar-refractivity contribution in [3.05, 3.63) is 29.6 Å². The van der Waals surface area contributed by atoms with Gasteiger partial charge in [-0.2, -0.15) is 0 Å². The maximum absolute atomic E-state index is 12.3. The van der Waals surface area contributed by atoms with Crippen molar-refractivity contribution in [3.63, 3.8) is 0 Å². The van der Waals surface area contributed by atoms with Crippen LogP contribution in [0.3, 0.4) is 0 Å². The SMILES string of the molecule is CCc1nc2cc(CNC(=O)N3CCC(C(=O)O)C3)ccc2n1C1CC1. The number of aromatic nitrogens is 2. The number of rotatable bonds is 5. The third-order valence-electron chi connectivity index (χ3n) is 5.32. The second kappa shape index (κ2) is 6.63. The first kappa shape index (κ1) is 16.9. The number of fused-ring (bicyclic) bond motifs is 1. The molecule has 1 aromatic carbocycles. The van der Waals surface area contributed by atoms with E-state index >= 15 is 0 Å². The zero-order valence-electron chi connectivity index (χ0n) is 14.9. The van der Waals surface area contributed by atoms with Crippen molar-refractivity contribution in [2.75, 3.05) is 13.1 Å². The Hall–Kier alpha value is -2.57. The predicted octanol–water partition coefficient (Wildman–Crippen LogP) is 2.55. The predicted molar refractivity (Wildman–Crippen MR) is 96.9 cm³/mol. The number of benzene rings is 1. The lowest BCUT2D eigenvalue weighted by Gasteiger charge is -2.16. The number of carboxylic acid groups (broad SMARTS) is 1. The van der Waals surface area contributed by atoms with E-state index in [4.69, 9.17) is 10.1 Å². The van der Waals surface area contributed by atoms with Gasteiger partial charge in [-0.3, -0.25) is 4.79 Å². The number of imidazole rings is 1. The molecule has 1 aliphatic heterocycles. The smallest absolute Gasteiger partial charge is 0.317 e. The van der Waals surface area contributed by atoms with Crippen molar-refractivity contribution >= 4 is 23.0 Å². The molecule has 1 unspecified atom stereocenters. The van der Waals surface area contributed by atoms with Crippen molar-refractivity contribution in [2.45, 2.75) is 45.2 Å². The van der Waals surface area contributed by atoms with Crippen molar-refractivity contribution in [1.82, 2.24) is 19.8 Å². The lowest BCUT2D eigenvalue weighted by molar-refractivity contribution is -0.141. The Kier molecular flexibility index (Phi) is 4.30. The average Bonchev–Trinajstić information content (AvgIpc) is 3.22. The molecular weight excluding hydrogens is 332 g/mol. The topological polar surface area (TPSA) is 87.5 Å². The van der Waals surface area contributed by atoms with E-state index in [0.29, 0.717) is 25.6 Å². The van der Waals surface area contributed by atoms with Crippen LogP contribution < -0.4 is 5.32 Å². The fourth-order valence-electron chi connectivity index (χ4n) is 3.73. The minimum Gasteiger partial charge on any atom is -0.481 e. The van der Waals surface area contributed by atoms with Crippen LogP contribution >= 0.6 is 0 Å². The van der Waals surface area contributed by atoms with Crippen LogP contribution in [0.2, 0.25) is 0 Å². The molecule has 2 N–H and O–H groups in total. The first-order chi connectivity index (χ1) is 12.6. The third kappa shape index (κ3) is 3.13. The van der Waals surface area contributed by atoms with E-state index in [2.05, 4.69) is 22.9 Å². The number of carbonyl (C=O) groups is 2. The number of carboxylic acids is 1. The van der Waals surface area contributed by atoms with E-state index in [-0.39, 0.29) is 12.6 Å². The van der Waals surface area contributed by atoms with E-state index in [1.165, 1.54) is 18.4 Å². The number of carbonyl (C=O) groups excluding carboxylic acids is 1. The zero-order chi connectivity index (χ0) is 18.3. The van der Waals surface area contributed by atoms with Gasteiger partial charge < -0.3 is 19.9 Å². The van der Waals surface area contributed by atoms with Crippen molar-refractivity contribution in [1.29, 1.82) is 0 Å². The number of hydrogen-bond acceptors (Lipinski definition) is 3. The molecule has 2 aromatic rings. The number of hydrogen-bond donors (Lipinski definition) is 2. The number of likely N-dealkylation sites (tertiary alicyclic amines) is 1. The molecule has 0 spiro atoms. The van der Waals surface area contributed by atoms with Crippen LogP contribution in [-0.2, 0) is 17.8 Å². The molecular formula is C19H24N4O3. The monoisotopic (exact) mass is 356 g/mol. The highest BCUT2D eigenvalue weighted by Crippen LogP contribution is 2.38. The second-order valence-corrected chi connectivity index (χ2v) is 7.23. The van der Waals surface area contributed by atoms with E-state index in [9.17, 15) is 9.59 Å². The Balaban J connectivity index is 1.43. The summed E-state index contributed by atoms with van der Waals surface area (Å²) in [6, 6.07) is 6.56. The molecule has 2 fully saturated rings. The van der Waals surface area contributed by atoms with Crippen LogP contribution in [0.1, 0.15) is 43.6 Å². The molecule has 7 nitrogen and oxygen atoms in total. The van der Waals surface area contributed by atoms with Gasteiger partial charge in [0.25, 0.3) is 0 Å². The van der Waals surface area contributed by atoms with Gasteiger partial charge in [0.05, 0.1) is 17.0 Å². The number of amides is 2. The average molecular weight is 356 g/mol. The van der Waals surface area contributed by atoms with Crippen LogP contribution in [0.4, 0.5) is 4.79 Å². The second-order valence-electron chi connectivity index (χ2n) is 7.23. The van der Waals surface area contributed by atoms with Crippen LogP contribution in [0.25, 0.3) is 11.0 Å². The van der Waals surface area contributed by atoms with E-state index in [1.807, 2.05) is 12.1 Å². The number of urea groups is 1. The summed E-state index contributed by atoms with van der Waals surface area (Å²) >= 11 is 0. The van der Waals surface area contributed by atoms with E-state index in [1.54, 1.807) is 4.90 Å². The minimum absolute atomic E-state index is 0.202. The van der Waals surface area contributed by atoms with Crippen LogP contribution in [0, 0.1) is 5.92 Å². The van der Waals surface area contributed by atoms with Gasteiger partial charge in [-0.1, -0.05) is 13.0 Å². The molecule has 1 saturated carbocycles. The summed E-state index contributed by atoms with van der Waals surface area (Å²) in [4.78, 5) is 29.6. The standard InChI is InChI=1S/C19H24N4O3/c1-2-17-21-15-9-12(3-6-16(15)23(17)14-4-5-14)10-20-19(26)22-8-7-13(11-22)18(24)25/h3,6,9,13-14H,2,4-5,7-8,10-11H2,1H3,(H,20,26)(H,24,25). The fourth-order valence-corrected chi connectivity index (χ4v) is 3.73. The summed E-state index contributed by atoms with van der Waals surface area (Å²) in [6.07, 6.45) is 3.89. The number of aryl methyl sites for hydroxylation is 1. The first-order valence-corrected chi connectivity index (χ1v) is 9.32. The maximum atomic E-state index is 12.3. The molecule has 1 atom stereocenters. The Morgan fingerprint density at radius 3 is 2.77 bits per heavy atom. The Labute approximate surface area is 152 Å². The van der Waals surface area contributed by atoms with E-state index < -0.39 is 11.9 Å². The minimum atomic E-state index is -0.830. The van der Waals surface area contributed by atoms with Gasteiger partial charge in [0.15, 0.2) is 0 Å². The van der Waals surface area contributed by atoms with Crippen molar-refractivity contribution in [3.8, 4) is 0 Å². The van der Waals surface area contributed by atoms with Crippen molar-refractivity contribution in [2.24, 2.45) is 5.92 Å². The Bertz CT molecular complexity index is 856. The van der Waals surface area contributed by atoms with Gasteiger partial charge in [0.1, 0.15) is 5.82 Å². The molecule has 2 heterocycles. The largest absolute Gasteiger partial charge is 0.481 e. The highest BCUT2D eigenvalue weighted by Gasteiger charge is 2.31. The van der Waals surface area contributed by atoms with Crippen LogP contribution in [0.5, 0.6) is 0 Å². The molecule has 1 saturated heterocycles. The molecule has 7 heteroatoms. The molecule has 2 amide bonds. The number of nitrogens with one attached hydrogen (secondary N) is 1. The number of aliphatic carboxylic acids is 1. The lowest BCUT2D eigenvalue weighted by atomic mass is 10.1. The summed E-state index contributed by atoms with van der Waals surface area (Å²) in [6.45, 7) is 3.32. The molecule has 1 aliphatic carbocycles. The summed E-state index contributed by atoms with van der Waals surface area (Å²) in [5.74, 6) is -0.153. The molecule has 0 bridgehead atoms. The summed E-state index contributed by atoms with van der Waals surface area (Å²) in [5, 5.41) is 11.9. The van der Waals surface area contributed by atoms with Gasteiger partial charge in [0, 0.05) is 32.1 Å².